The smallest absolute Gasteiger partial charge is 0.321 e. The first-order valence-corrected chi connectivity index (χ1v) is 7.32. The Bertz CT molecular complexity index is 897. The van der Waals surface area contributed by atoms with Gasteiger partial charge in [0.2, 0.25) is 0 Å². The molecule has 2 aromatic heterocycles. The van der Waals surface area contributed by atoms with E-state index in [-0.39, 0.29) is 5.69 Å². The van der Waals surface area contributed by atoms with E-state index in [1.54, 1.807) is 36.1 Å². The zero-order chi connectivity index (χ0) is 18.0. The maximum Gasteiger partial charge on any atom is 0.408 e. The number of hydrogen-bond acceptors (Lipinski definition) is 3. The molecule has 0 aliphatic heterocycles. The van der Waals surface area contributed by atoms with Gasteiger partial charge >= 0.3 is 6.18 Å². The molecule has 0 aliphatic carbocycles. The van der Waals surface area contributed by atoms with Gasteiger partial charge in [0, 0.05) is 30.7 Å². The largest absolute Gasteiger partial charge is 0.408 e. The molecule has 0 saturated heterocycles. The van der Waals surface area contributed by atoms with Crippen LogP contribution in [0.25, 0.3) is 11.3 Å². The number of benzene rings is 1. The van der Waals surface area contributed by atoms with Gasteiger partial charge in [0.25, 0.3) is 5.91 Å². The van der Waals surface area contributed by atoms with Crippen LogP contribution in [0.5, 0.6) is 0 Å². The number of rotatable bonds is 4. The first-order chi connectivity index (χ1) is 11.8. The van der Waals surface area contributed by atoms with Crippen LogP contribution >= 0.6 is 0 Å². The molecule has 0 unspecified atom stereocenters. The van der Waals surface area contributed by atoms with Crippen molar-refractivity contribution in [2.75, 3.05) is 5.32 Å². The number of amides is 1. The molecule has 0 saturated carbocycles. The Morgan fingerprint density at radius 3 is 2.72 bits per heavy atom. The molecule has 3 aromatic rings. The predicted octanol–water partition coefficient (Wildman–Crippen LogP) is 3.10. The van der Waals surface area contributed by atoms with Crippen molar-refractivity contribution in [3.05, 3.63) is 54.5 Å². The second kappa shape index (κ2) is 6.42. The van der Waals surface area contributed by atoms with Crippen LogP contribution in [0.1, 0.15) is 10.5 Å². The highest BCUT2D eigenvalue weighted by atomic mass is 19.4. The number of anilines is 1. The minimum Gasteiger partial charge on any atom is -0.321 e. The van der Waals surface area contributed by atoms with Gasteiger partial charge < -0.3 is 5.32 Å². The van der Waals surface area contributed by atoms with E-state index in [0.29, 0.717) is 10.4 Å². The summed E-state index contributed by atoms with van der Waals surface area (Å²) >= 11 is 0. The fourth-order valence-corrected chi connectivity index (χ4v) is 2.36. The standard InChI is InChI=1S/C16H14F3N5O/c1-23-14(5-7-20-23)11-3-2-4-12(9-11)21-15(25)13-6-8-24(22-13)10-16(17,18)19/h2-9H,10H2,1H3,(H,21,25). The van der Waals surface area contributed by atoms with E-state index in [9.17, 15) is 18.0 Å². The van der Waals surface area contributed by atoms with E-state index in [1.807, 2.05) is 12.1 Å². The molecule has 1 aromatic carbocycles. The molecule has 6 nitrogen and oxygen atoms in total. The number of hydrogen-bond donors (Lipinski definition) is 1. The van der Waals surface area contributed by atoms with Crippen molar-refractivity contribution in [1.82, 2.24) is 19.6 Å². The number of aryl methyl sites for hydroxylation is 1. The Balaban J connectivity index is 1.74. The lowest BCUT2D eigenvalue weighted by molar-refractivity contribution is -0.142. The highest BCUT2D eigenvalue weighted by Gasteiger charge is 2.28. The van der Waals surface area contributed by atoms with E-state index in [2.05, 4.69) is 15.5 Å². The summed E-state index contributed by atoms with van der Waals surface area (Å²) in [4.78, 5) is 12.2. The molecule has 0 radical (unpaired) electrons. The third kappa shape index (κ3) is 4.06. The normalized spacial score (nSPS) is 11.5. The Kier molecular flexibility index (Phi) is 4.30. The van der Waals surface area contributed by atoms with Gasteiger partial charge in [0.05, 0.1) is 5.69 Å². The van der Waals surface area contributed by atoms with Gasteiger partial charge in [-0.1, -0.05) is 12.1 Å². The summed E-state index contributed by atoms with van der Waals surface area (Å²) in [7, 11) is 1.80. The van der Waals surface area contributed by atoms with E-state index in [0.717, 1.165) is 17.5 Å². The quantitative estimate of drug-likeness (QED) is 0.787. The van der Waals surface area contributed by atoms with Crippen LogP contribution in [0, 0.1) is 0 Å². The summed E-state index contributed by atoms with van der Waals surface area (Å²) in [6.45, 7) is -1.24. The van der Waals surface area contributed by atoms with Crippen molar-refractivity contribution in [3.63, 3.8) is 0 Å². The predicted molar refractivity (Wildman–Crippen MR) is 84.9 cm³/mol. The summed E-state index contributed by atoms with van der Waals surface area (Å²) in [5.74, 6) is -0.580. The van der Waals surface area contributed by atoms with Crippen LogP contribution in [0.4, 0.5) is 18.9 Å². The molecule has 2 heterocycles. The monoisotopic (exact) mass is 349 g/mol. The average Bonchev–Trinajstić information content (AvgIpc) is 3.15. The average molecular weight is 349 g/mol. The van der Waals surface area contributed by atoms with Gasteiger partial charge in [-0.15, -0.1) is 0 Å². The van der Waals surface area contributed by atoms with Crippen LogP contribution < -0.4 is 5.32 Å². The second-order valence-electron chi connectivity index (χ2n) is 5.39. The first kappa shape index (κ1) is 16.7. The molecule has 25 heavy (non-hydrogen) atoms. The van der Waals surface area contributed by atoms with E-state index < -0.39 is 18.6 Å². The third-order valence-corrected chi connectivity index (χ3v) is 3.45. The van der Waals surface area contributed by atoms with Gasteiger partial charge in [-0.2, -0.15) is 23.4 Å². The van der Waals surface area contributed by atoms with E-state index >= 15 is 0 Å². The second-order valence-corrected chi connectivity index (χ2v) is 5.39. The molecule has 0 fully saturated rings. The van der Waals surface area contributed by atoms with E-state index in [1.165, 1.54) is 6.07 Å². The van der Waals surface area contributed by atoms with Crippen molar-refractivity contribution in [2.24, 2.45) is 7.05 Å². The van der Waals surface area contributed by atoms with Crippen molar-refractivity contribution >= 4 is 11.6 Å². The zero-order valence-electron chi connectivity index (χ0n) is 13.2. The Hall–Kier alpha value is -3.10. The lowest BCUT2D eigenvalue weighted by Gasteiger charge is -2.07. The number of aromatic nitrogens is 4. The van der Waals surface area contributed by atoms with Gasteiger partial charge in [-0.3, -0.25) is 14.2 Å². The van der Waals surface area contributed by atoms with Crippen LogP contribution in [0.2, 0.25) is 0 Å². The SMILES string of the molecule is Cn1nccc1-c1cccc(NC(=O)c2ccn(CC(F)(F)F)n2)c1. The Labute approximate surface area is 140 Å². The minimum absolute atomic E-state index is 0.0878. The Morgan fingerprint density at radius 2 is 2.04 bits per heavy atom. The molecule has 3 rings (SSSR count). The maximum absolute atomic E-state index is 12.3. The van der Waals surface area contributed by atoms with Gasteiger partial charge in [0.15, 0.2) is 5.69 Å². The van der Waals surface area contributed by atoms with Crippen molar-refractivity contribution in [2.45, 2.75) is 12.7 Å². The van der Waals surface area contributed by atoms with E-state index in [4.69, 9.17) is 0 Å². The van der Waals surface area contributed by atoms with Crippen LogP contribution in [-0.4, -0.2) is 31.6 Å². The fraction of sp³-hybridized carbons (Fsp3) is 0.188. The number of nitrogens with one attached hydrogen (secondary N) is 1. The molecule has 0 spiro atoms. The summed E-state index contributed by atoms with van der Waals surface area (Å²) in [5, 5.41) is 10.4. The third-order valence-electron chi connectivity index (χ3n) is 3.45. The van der Waals surface area contributed by atoms with Crippen LogP contribution in [0.3, 0.4) is 0 Å². The number of halogens is 3. The van der Waals surface area contributed by atoms with Crippen molar-refractivity contribution in [3.8, 4) is 11.3 Å². The summed E-state index contributed by atoms with van der Waals surface area (Å²) < 4.78 is 39.4. The molecular weight excluding hydrogens is 335 g/mol. The molecule has 1 N–H and O–H groups in total. The molecule has 1 amide bonds. The number of carbonyl (C=O) groups is 1. The number of alkyl halides is 3. The van der Waals surface area contributed by atoms with Gasteiger partial charge in [-0.25, -0.2) is 0 Å². The molecular formula is C16H14F3N5O. The zero-order valence-corrected chi connectivity index (χ0v) is 13.2. The maximum atomic E-state index is 12.3. The molecule has 0 bridgehead atoms. The first-order valence-electron chi connectivity index (χ1n) is 7.32. The molecule has 0 atom stereocenters. The molecule has 0 aliphatic rings. The lowest BCUT2D eigenvalue weighted by Crippen LogP contribution is -2.19. The van der Waals surface area contributed by atoms with Crippen LogP contribution in [0.15, 0.2) is 48.8 Å². The number of nitrogens with zero attached hydrogens (tertiary/aromatic N) is 4. The highest BCUT2D eigenvalue weighted by molar-refractivity contribution is 6.03. The van der Waals surface area contributed by atoms with Gasteiger partial charge in [-0.05, 0) is 24.3 Å². The Morgan fingerprint density at radius 1 is 1.24 bits per heavy atom. The summed E-state index contributed by atoms with van der Waals surface area (Å²) in [6.07, 6.45) is -1.61. The summed E-state index contributed by atoms with van der Waals surface area (Å²) in [5.41, 5.74) is 2.13. The van der Waals surface area contributed by atoms with Crippen molar-refractivity contribution < 1.29 is 18.0 Å². The molecule has 9 heteroatoms. The van der Waals surface area contributed by atoms with Crippen molar-refractivity contribution in [1.29, 1.82) is 0 Å². The number of carbonyl (C=O) groups excluding carboxylic acids is 1. The topological polar surface area (TPSA) is 64.7 Å². The fourth-order valence-electron chi connectivity index (χ4n) is 2.36. The molecule has 130 valence electrons. The minimum atomic E-state index is -4.39. The lowest BCUT2D eigenvalue weighted by atomic mass is 10.1. The van der Waals surface area contributed by atoms with Gasteiger partial charge in [0.1, 0.15) is 6.54 Å². The highest BCUT2D eigenvalue weighted by Crippen LogP contribution is 2.22. The van der Waals surface area contributed by atoms with Crippen LogP contribution in [-0.2, 0) is 13.6 Å². The summed E-state index contributed by atoms with van der Waals surface area (Å²) in [6, 6.07) is 10.1.